The monoisotopic (exact) mass is 365 g/mol. The molecule has 0 unspecified atom stereocenters. The first kappa shape index (κ1) is 17.9. The molecule has 0 atom stereocenters. The molecule has 1 amide bonds. The Bertz CT molecular complexity index is 959. The molecule has 0 aliphatic rings. The van der Waals surface area contributed by atoms with Gasteiger partial charge in [-0.15, -0.1) is 0 Å². The molecule has 27 heavy (non-hydrogen) atoms. The third kappa shape index (κ3) is 4.37. The highest BCUT2D eigenvalue weighted by Gasteiger charge is 2.12. The normalized spacial score (nSPS) is 10.1. The molecule has 0 spiro atoms. The topological polar surface area (TPSA) is 104 Å². The van der Waals surface area contributed by atoms with E-state index in [2.05, 4.69) is 10.3 Å². The van der Waals surface area contributed by atoms with Crippen LogP contribution in [0, 0.1) is 10.1 Å². The van der Waals surface area contributed by atoms with Gasteiger partial charge in [0.15, 0.2) is 11.5 Å². The molecule has 1 N–H and O–H groups in total. The molecule has 0 aliphatic heterocycles. The summed E-state index contributed by atoms with van der Waals surface area (Å²) in [5, 5.41) is 13.5. The average molecular weight is 365 g/mol. The van der Waals surface area contributed by atoms with Crippen molar-refractivity contribution in [2.24, 2.45) is 0 Å². The van der Waals surface area contributed by atoms with E-state index in [0.29, 0.717) is 22.7 Å². The number of carbonyl (C=O) groups excluding carboxylic acids is 1. The summed E-state index contributed by atoms with van der Waals surface area (Å²) in [5.74, 6) is 0.628. The summed E-state index contributed by atoms with van der Waals surface area (Å²) in [7, 11) is 1.48. The maximum absolute atomic E-state index is 12.3. The summed E-state index contributed by atoms with van der Waals surface area (Å²) in [6.07, 6.45) is 1.10. The van der Waals surface area contributed by atoms with Gasteiger partial charge in [0.05, 0.1) is 12.0 Å². The van der Waals surface area contributed by atoms with Crippen LogP contribution < -0.4 is 14.8 Å². The molecule has 8 nitrogen and oxygen atoms in total. The predicted octanol–water partition coefficient (Wildman–Crippen LogP) is 4.04. The number of anilines is 1. The van der Waals surface area contributed by atoms with E-state index in [9.17, 15) is 14.9 Å². The fourth-order valence-corrected chi connectivity index (χ4v) is 2.28. The third-order valence-corrected chi connectivity index (χ3v) is 3.60. The molecule has 0 fully saturated rings. The second-order valence-electron chi connectivity index (χ2n) is 5.40. The Morgan fingerprint density at radius 3 is 2.48 bits per heavy atom. The number of rotatable bonds is 6. The molecular weight excluding hydrogens is 350 g/mol. The Labute approximate surface area is 154 Å². The van der Waals surface area contributed by atoms with Crippen LogP contribution in [0.5, 0.6) is 17.4 Å². The molecule has 8 heteroatoms. The lowest BCUT2D eigenvalue weighted by atomic mass is 10.2. The van der Waals surface area contributed by atoms with Gasteiger partial charge < -0.3 is 14.8 Å². The number of nitrogens with zero attached hydrogens (tertiary/aromatic N) is 2. The summed E-state index contributed by atoms with van der Waals surface area (Å²) >= 11 is 0. The van der Waals surface area contributed by atoms with Gasteiger partial charge in [-0.1, -0.05) is 18.2 Å². The van der Waals surface area contributed by atoms with Gasteiger partial charge in [0.2, 0.25) is 5.88 Å². The van der Waals surface area contributed by atoms with E-state index in [-0.39, 0.29) is 17.5 Å². The highest BCUT2D eigenvalue weighted by atomic mass is 16.6. The van der Waals surface area contributed by atoms with Crippen molar-refractivity contribution in [2.45, 2.75) is 0 Å². The Morgan fingerprint density at radius 1 is 1.07 bits per heavy atom. The number of hydrogen-bond acceptors (Lipinski definition) is 6. The molecule has 1 heterocycles. The largest absolute Gasteiger partial charge is 0.493 e. The maximum Gasteiger partial charge on any atom is 0.287 e. The van der Waals surface area contributed by atoms with Crippen LogP contribution in [0.2, 0.25) is 0 Å². The smallest absolute Gasteiger partial charge is 0.287 e. The summed E-state index contributed by atoms with van der Waals surface area (Å²) in [6.45, 7) is 0. The van der Waals surface area contributed by atoms with Crippen LogP contribution in [0.25, 0.3) is 0 Å². The Kier molecular flexibility index (Phi) is 5.27. The van der Waals surface area contributed by atoms with E-state index in [1.165, 1.54) is 19.2 Å². The average Bonchev–Trinajstić information content (AvgIpc) is 2.69. The van der Waals surface area contributed by atoms with E-state index in [0.717, 1.165) is 6.20 Å². The summed E-state index contributed by atoms with van der Waals surface area (Å²) < 4.78 is 10.9. The van der Waals surface area contributed by atoms with Gasteiger partial charge in [0, 0.05) is 29.4 Å². The number of nitro groups is 1. The Morgan fingerprint density at radius 2 is 1.85 bits per heavy atom. The van der Waals surface area contributed by atoms with Crippen molar-refractivity contribution in [2.75, 3.05) is 12.4 Å². The number of ether oxygens (including phenoxy) is 2. The lowest BCUT2D eigenvalue weighted by Crippen LogP contribution is -2.11. The minimum absolute atomic E-state index is 0.141. The van der Waals surface area contributed by atoms with Crippen LogP contribution in [0.15, 0.2) is 66.9 Å². The van der Waals surface area contributed by atoms with Crippen molar-refractivity contribution < 1.29 is 19.2 Å². The zero-order valence-corrected chi connectivity index (χ0v) is 14.3. The second-order valence-corrected chi connectivity index (χ2v) is 5.40. The van der Waals surface area contributed by atoms with Gasteiger partial charge >= 0.3 is 0 Å². The lowest BCUT2D eigenvalue weighted by molar-refractivity contribution is -0.385. The fourth-order valence-electron chi connectivity index (χ4n) is 2.28. The van der Waals surface area contributed by atoms with Crippen molar-refractivity contribution in [3.8, 4) is 17.4 Å². The van der Waals surface area contributed by atoms with Crippen molar-refractivity contribution in [3.05, 3.63) is 82.5 Å². The molecule has 0 aliphatic carbocycles. The predicted molar refractivity (Wildman–Crippen MR) is 98.4 cm³/mol. The molecule has 0 saturated carbocycles. The first-order valence-electron chi connectivity index (χ1n) is 7.89. The van der Waals surface area contributed by atoms with E-state index >= 15 is 0 Å². The molecule has 0 radical (unpaired) electrons. The minimum atomic E-state index is -0.545. The number of carbonyl (C=O) groups is 1. The molecule has 2 aromatic carbocycles. The van der Waals surface area contributed by atoms with Gasteiger partial charge in [-0.05, 0) is 24.3 Å². The molecular formula is C19H15N3O5. The first-order chi connectivity index (χ1) is 13.1. The zero-order valence-electron chi connectivity index (χ0n) is 14.3. The summed E-state index contributed by atoms with van der Waals surface area (Å²) in [4.78, 5) is 26.3. The summed E-state index contributed by atoms with van der Waals surface area (Å²) in [5.41, 5.74) is 0.882. The van der Waals surface area contributed by atoms with Crippen LogP contribution in [0.3, 0.4) is 0 Å². The van der Waals surface area contributed by atoms with Crippen LogP contribution in [0.1, 0.15) is 10.4 Å². The van der Waals surface area contributed by atoms with Crippen LogP contribution in [-0.2, 0) is 0 Å². The zero-order chi connectivity index (χ0) is 19.2. The number of nitrogens with one attached hydrogen (secondary N) is 1. The fraction of sp³-hybridized carbons (Fsp3) is 0.0526. The highest BCUT2D eigenvalue weighted by Crippen LogP contribution is 2.33. The van der Waals surface area contributed by atoms with Gasteiger partial charge in [-0.25, -0.2) is 4.98 Å². The highest BCUT2D eigenvalue weighted by molar-refractivity contribution is 6.04. The van der Waals surface area contributed by atoms with Crippen molar-refractivity contribution in [1.82, 2.24) is 4.98 Å². The van der Waals surface area contributed by atoms with Gasteiger partial charge in [0.1, 0.15) is 6.20 Å². The second kappa shape index (κ2) is 7.96. The number of amides is 1. The van der Waals surface area contributed by atoms with Crippen LogP contribution in [0.4, 0.5) is 11.4 Å². The van der Waals surface area contributed by atoms with Crippen LogP contribution in [-0.4, -0.2) is 22.9 Å². The Hall–Kier alpha value is -3.94. The minimum Gasteiger partial charge on any atom is -0.493 e. The first-order valence-corrected chi connectivity index (χ1v) is 7.89. The molecule has 136 valence electrons. The van der Waals surface area contributed by atoms with E-state index < -0.39 is 4.92 Å². The third-order valence-electron chi connectivity index (χ3n) is 3.60. The van der Waals surface area contributed by atoms with E-state index in [1.54, 1.807) is 42.5 Å². The van der Waals surface area contributed by atoms with E-state index in [1.807, 2.05) is 6.07 Å². The van der Waals surface area contributed by atoms with Crippen molar-refractivity contribution in [3.63, 3.8) is 0 Å². The molecule has 1 aromatic heterocycles. The molecule has 0 bridgehead atoms. The number of hydrogen-bond donors (Lipinski definition) is 1. The van der Waals surface area contributed by atoms with Crippen molar-refractivity contribution >= 4 is 17.3 Å². The Balaban J connectivity index is 1.81. The summed E-state index contributed by atoms with van der Waals surface area (Å²) in [6, 6.07) is 16.4. The molecule has 3 aromatic rings. The number of aromatic nitrogens is 1. The molecule has 0 saturated heterocycles. The lowest BCUT2D eigenvalue weighted by Gasteiger charge is -2.12. The van der Waals surface area contributed by atoms with E-state index in [4.69, 9.17) is 9.47 Å². The maximum atomic E-state index is 12.3. The number of methoxy groups -OCH3 is 1. The van der Waals surface area contributed by atoms with Gasteiger partial charge in [-0.3, -0.25) is 14.9 Å². The van der Waals surface area contributed by atoms with Crippen LogP contribution >= 0.6 is 0 Å². The molecule has 3 rings (SSSR count). The SMILES string of the molecule is COc1ccc(NC(=O)c2ccccc2)cc1Oc1ccc([N+](=O)[O-])cn1. The number of pyridine rings is 1. The van der Waals surface area contributed by atoms with Crippen molar-refractivity contribution in [1.29, 1.82) is 0 Å². The van der Waals surface area contributed by atoms with Gasteiger partial charge in [-0.2, -0.15) is 0 Å². The van der Waals surface area contributed by atoms with Gasteiger partial charge in [0.25, 0.3) is 11.6 Å². The standard InChI is InChI=1S/C19H15N3O5/c1-26-16-9-7-14(21-19(23)13-5-3-2-4-6-13)11-17(16)27-18-10-8-15(12-20-18)22(24)25/h2-12H,1H3,(H,21,23). The quantitative estimate of drug-likeness (QED) is 0.522. The number of benzene rings is 2.